The third-order valence-electron chi connectivity index (χ3n) is 6.14. The summed E-state index contributed by atoms with van der Waals surface area (Å²) < 4.78 is 1.76. The van der Waals surface area contributed by atoms with Crippen LogP contribution in [-0.4, -0.2) is 22.0 Å². The maximum atomic E-state index is 13.2. The number of thioether (sulfide) groups is 1. The van der Waals surface area contributed by atoms with Crippen molar-refractivity contribution >= 4 is 50.8 Å². The van der Waals surface area contributed by atoms with Crippen LogP contribution in [0, 0.1) is 6.92 Å². The van der Waals surface area contributed by atoms with Crippen LogP contribution in [0.3, 0.4) is 0 Å². The summed E-state index contributed by atoms with van der Waals surface area (Å²) in [4.78, 5) is 30.6. The topological polar surface area (TPSA) is 71.1 Å². The molecule has 0 spiro atoms. The van der Waals surface area contributed by atoms with Crippen molar-refractivity contribution < 1.29 is 9.59 Å². The lowest BCUT2D eigenvalue weighted by atomic mass is 9.98. The summed E-state index contributed by atoms with van der Waals surface area (Å²) in [6.07, 6.45) is 0. The van der Waals surface area contributed by atoms with E-state index in [9.17, 15) is 9.59 Å². The van der Waals surface area contributed by atoms with Gasteiger partial charge >= 0.3 is 0 Å². The molecule has 0 aliphatic carbocycles. The normalized spacial score (nSPS) is 11.9. The van der Waals surface area contributed by atoms with Crippen molar-refractivity contribution in [2.24, 2.45) is 0 Å². The lowest BCUT2D eigenvalue weighted by molar-refractivity contribution is -0.120. The van der Waals surface area contributed by atoms with Gasteiger partial charge in [0.25, 0.3) is 5.91 Å². The van der Waals surface area contributed by atoms with Crippen molar-refractivity contribution in [1.82, 2.24) is 10.3 Å². The Morgan fingerprint density at radius 1 is 0.842 bits per heavy atom. The molecule has 5 aromatic rings. The number of carbonyl (C=O) groups excluding carboxylic acids is 2. The highest BCUT2D eigenvalue weighted by Gasteiger charge is 2.22. The van der Waals surface area contributed by atoms with Crippen LogP contribution in [-0.2, 0) is 4.79 Å². The standard InChI is InChI=1S/C31H27N3O2S2/c1-20-13-15-24(16-14-20)30(36)32-25-17-18-26-27(19-25)38-31(33-26)37-21(2)29(35)34-28(22-9-5-3-6-10-22)23-11-7-4-8-12-23/h3-19,21,28H,1-2H3,(H,32,36)(H,34,35)/t21-/m1/s1. The average Bonchev–Trinajstić information content (AvgIpc) is 3.34. The lowest BCUT2D eigenvalue weighted by Crippen LogP contribution is -2.34. The third-order valence-corrected chi connectivity index (χ3v) is 8.35. The van der Waals surface area contributed by atoms with E-state index in [0.717, 1.165) is 31.2 Å². The Hall–Kier alpha value is -3.94. The second kappa shape index (κ2) is 11.6. The summed E-state index contributed by atoms with van der Waals surface area (Å²) >= 11 is 2.95. The maximum Gasteiger partial charge on any atom is 0.255 e. The van der Waals surface area contributed by atoms with Gasteiger partial charge in [-0.25, -0.2) is 4.98 Å². The average molecular weight is 538 g/mol. The fourth-order valence-corrected chi connectivity index (χ4v) is 6.31. The first kappa shape index (κ1) is 25.7. The first-order valence-corrected chi connectivity index (χ1v) is 14.0. The molecule has 0 bridgehead atoms. The largest absolute Gasteiger partial charge is 0.344 e. The lowest BCUT2D eigenvalue weighted by Gasteiger charge is -2.21. The second-order valence-corrected chi connectivity index (χ2v) is 11.6. The quantitative estimate of drug-likeness (QED) is 0.205. The molecular weight excluding hydrogens is 510 g/mol. The predicted molar refractivity (Wildman–Crippen MR) is 157 cm³/mol. The summed E-state index contributed by atoms with van der Waals surface area (Å²) in [5, 5.41) is 5.84. The minimum absolute atomic E-state index is 0.0574. The molecule has 1 aromatic heterocycles. The van der Waals surface area contributed by atoms with Crippen LogP contribution in [0.1, 0.15) is 40.0 Å². The summed E-state index contributed by atoms with van der Waals surface area (Å²) in [5.74, 6) is -0.210. The molecule has 1 atom stereocenters. The van der Waals surface area contributed by atoms with Gasteiger partial charge in [-0.1, -0.05) is 90.1 Å². The van der Waals surface area contributed by atoms with Crippen molar-refractivity contribution in [1.29, 1.82) is 0 Å². The zero-order valence-electron chi connectivity index (χ0n) is 21.0. The number of aromatic nitrogens is 1. The molecule has 0 saturated carbocycles. The molecule has 7 heteroatoms. The number of thiazole rings is 1. The number of benzene rings is 4. The van der Waals surface area contributed by atoms with Gasteiger partial charge in [-0.3, -0.25) is 9.59 Å². The van der Waals surface area contributed by atoms with Gasteiger partial charge in [-0.15, -0.1) is 11.3 Å². The van der Waals surface area contributed by atoms with Gasteiger partial charge in [-0.2, -0.15) is 0 Å². The smallest absolute Gasteiger partial charge is 0.255 e. The number of hydrogen-bond acceptors (Lipinski definition) is 5. The SMILES string of the molecule is Cc1ccc(C(=O)Nc2ccc3nc(S[C@H](C)C(=O)NC(c4ccccc4)c4ccccc4)sc3c2)cc1. The molecule has 1 heterocycles. The molecule has 0 aliphatic heterocycles. The Morgan fingerprint density at radius 2 is 1.47 bits per heavy atom. The van der Waals surface area contributed by atoms with E-state index in [1.165, 1.54) is 23.1 Å². The molecule has 0 unspecified atom stereocenters. The van der Waals surface area contributed by atoms with Crippen LogP contribution >= 0.6 is 23.1 Å². The molecule has 5 nitrogen and oxygen atoms in total. The van der Waals surface area contributed by atoms with E-state index in [-0.39, 0.29) is 23.1 Å². The van der Waals surface area contributed by atoms with E-state index >= 15 is 0 Å². The van der Waals surface area contributed by atoms with Crippen LogP contribution in [0.15, 0.2) is 107 Å². The van der Waals surface area contributed by atoms with Crippen molar-refractivity contribution in [3.05, 3.63) is 125 Å². The minimum Gasteiger partial charge on any atom is -0.344 e. The minimum atomic E-state index is -0.341. The molecule has 0 radical (unpaired) electrons. The van der Waals surface area contributed by atoms with Gasteiger partial charge in [0.1, 0.15) is 0 Å². The number of hydrogen-bond donors (Lipinski definition) is 2. The summed E-state index contributed by atoms with van der Waals surface area (Å²) in [7, 11) is 0. The summed E-state index contributed by atoms with van der Waals surface area (Å²) in [5.41, 5.74) is 5.33. The number of nitrogens with zero attached hydrogens (tertiary/aromatic N) is 1. The number of carbonyl (C=O) groups is 2. The van der Waals surface area contributed by atoms with E-state index in [2.05, 4.69) is 10.6 Å². The fraction of sp³-hybridized carbons (Fsp3) is 0.129. The molecule has 5 rings (SSSR count). The van der Waals surface area contributed by atoms with Crippen LogP contribution in [0.2, 0.25) is 0 Å². The molecular formula is C31H27N3O2S2. The predicted octanol–water partition coefficient (Wildman–Crippen LogP) is 7.24. The number of aryl methyl sites for hydroxylation is 1. The summed E-state index contributed by atoms with van der Waals surface area (Å²) in [6.45, 7) is 3.89. The molecule has 0 saturated heterocycles. The monoisotopic (exact) mass is 537 g/mol. The fourth-order valence-electron chi connectivity index (χ4n) is 4.05. The molecule has 0 fully saturated rings. The van der Waals surface area contributed by atoms with Gasteiger partial charge < -0.3 is 10.6 Å². The van der Waals surface area contributed by atoms with Crippen molar-refractivity contribution in [3.63, 3.8) is 0 Å². The van der Waals surface area contributed by atoms with Gasteiger partial charge in [0.2, 0.25) is 5.91 Å². The first-order chi connectivity index (χ1) is 18.5. The number of amides is 2. The number of anilines is 1. The van der Waals surface area contributed by atoms with Crippen molar-refractivity contribution in [3.8, 4) is 0 Å². The van der Waals surface area contributed by atoms with E-state index in [1.54, 1.807) is 0 Å². The van der Waals surface area contributed by atoms with Crippen LogP contribution < -0.4 is 10.6 Å². The Labute approximate surface area is 230 Å². The van der Waals surface area contributed by atoms with Crippen LogP contribution in [0.25, 0.3) is 10.2 Å². The Balaban J connectivity index is 1.27. The second-order valence-electron chi connectivity index (χ2n) is 9.01. The molecule has 2 amide bonds. The van der Waals surface area contributed by atoms with Gasteiger partial charge in [0, 0.05) is 11.3 Å². The Bertz CT molecular complexity index is 1510. The van der Waals surface area contributed by atoms with Gasteiger partial charge in [0.15, 0.2) is 4.34 Å². The molecule has 38 heavy (non-hydrogen) atoms. The van der Waals surface area contributed by atoms with Gasteiger partial charge in [0.05, 0.1) is 21.5 Å². The highest BCUT2D eigenvalue weighted by Crippen LogP contribution is 2.34. The molecule has 0 aliphatic rings. The number of rotatable bonds is 8. The molecule has 2 N–H and O–H groups in total. The number of fused-ring (bicyclic) bond motifs is 1. The van der Waals surface area contributed by atoms with Crippen LogP contribution in [0.4, 0.5) is 5.69 Å². The van der Waals surface area contributed by atoms with Crippen molar-refractivity contribution in [2.45, 2.75) is 29.5 Å². The maximum absolute atomic E-state index is 13.2. The highest BCUT2D eigenvalue weighted by atomic mass is 32.2. The molecule has 4 aromatic carbocycles. The van der Waals surface area contributed by atoms with E-state index in [1.807, 2.05) is 117 Å². The van der Waals surface area contributed by atoms with Gasteiger partial charge in [-0.05, 0) is 55.3 Å². The molecule has 190 valence electrons. The third kappa shape index (κ3) is 6.13. The van der Waals surface area contributed by atoms with Crippen LogP contribution in [0.5, 0.6) is 0 Å². The first-order valence-electron chi connectivity index (χ1n) is 12.3. The van der Waals surface area contributed by atoms with E-state index in [4.69, 9.17) is 4.98 Å². The zero-order valence-corrected chi connectivity index (χ0v) is 22.7. The highest BCUT2D eigenvalue weighted by molar-refractivity contribution is 8.02. The summed E-state index contributed by atoms with van der Waals surface area (Å²) in [6, 6.07) is 32.9. The zero-order chi connectivity index (χ0) is 26.5. The van der Waals surface area contributed by atoms with Crippen molar-refractivity contribution in [2.75, 3.05) is 5.32 Å². The Kier molecular flexibility index (Phi) is 7.86. The Morgan fingerprint density at radius 3 is 2.11 bits per heavy atom. The van der Waals surface area contributed by atoms with E-state index < -0.39 is 0 Å². The van der Waals surface area contributed by atoms with E-state index in [0.29, 0.717) is 11.3 Å². The number of nitrogens with one attached hydrogen (secondary N) is 2.